The van der Waals surface area contributed by atoms with Crippen LogP contribution in [0.1, 0.15) is 12.6 Å². The highest BCUT2D eigenvalue weighted by atomic mass is 79.9. The van der Waals surface area contributed by atoms with E-state index in [0.29, 0.717) is 21.4 Å². The Kier molecular flexibility index (Phi) is 3.56. The fourth-order valence-electron chi connectivity index (χ4n) is 2.27. The normalized spacial score (nSPS) is 21.7. The molecule has 1 aromatic carbocycles. The van der Waals surface area contributed by atoms with Crippen LogP contribution in [-0.2, 0) is 17.9 Å². The van der Waals surface area contributed by atoms with Gasteiger partial charge in [0.05, 0.1) is 23.3 Å². The molecule has 0 amide bonds. The maximum atomic E-state index is 13.1. The van der Waals surface area contributed by atoms with E-state index in [-0.39, 0.29) is 6.61 Å². The molecule has 1 aliphatic heterocycles. The van der Waals surface area contributed by atoms with Crippen LogP contribution in [-0.4, -0.2) is 21.6 Å². The highest BCUT2D eigenvalue weighted by molar-refractivity contribution is 9.10. The predicted octanol–water partition coefficient (Wildman–Crippen LogP) is 4.30. The summed E-state index contributed by atoms with van der Waals surface area (Å²) >= 11 is 3.34. The van der Waals surface area contributed by atoms with Crippen LogP contribution in [0.2, 0.25) is 0 Å². The van der Waals surface area contributed by atoms with Gasteiger partial charge in [0.15, 0.2) is 5.60 Å². The van der Waals surface area contributed by atoms with Crippen LogP contribution in [0.4, 0.5) is 17.6 Å². The second kappa shape index (κ2) is 5.06. The highest BCUT2D eigenvalue weighted by Crippen LogP contribution is 2.41. The molecule has 0 bridgehead atoms. The minimum absolute atomic E-state index is 0.204. The monoisotopic (exact) mass is 378 g/mol. The lowest BCUT2D eigenvalue weighted by atomic mass is 10.1. The van der Waals surface area contributed by atoms with Crippen LogP contribution in [0.25, 0.3) is 11.3 Å². The van der Waals surface area contributed by atoms with Crippen molar-refractivity contribution in [3.8, 4) is 11.3 Å². The van der Waals surface area contributed by atoms with Gasteiger partial charge in [0, 0.05) is 5.56 Å². The van der Waals surface area contributed by atoms with E-state index in [1.807, 2.05) is 0 Å². The fourth-order valence-corrected chi connectivity index (χ4v) is 2.89. The molecule has 3 rings (SSSR count). The molecule has 22 heavy (non-hydrogen) atoms. The Bertz CT molecular complexity index is 711. The molecule has 3 nitrogen and oxygen atoms in total. The fraction of sp³-hybridized carbons (Fsp3) is 0.357. The minimum atomic E-state index is -4.49. The summed E-state index contributed by atoms with van der Waals surface area (Å²) in [6.07, 6.45) is -4.49. The van der Waals surface area contributed by atoms with E-state index >= 15 is 0 Å². The van der Waals surface area contributed by atoms with Gasteiger partial charge in [0.25, 0.3) is 0 Å². The van der Waals surface area contributed by atoms with Crippen molar-refractivity contribution in [2.24, 2.45) is 0 Å². The number of alkyl halides is 3. The highest BCUT2D eigenvalue weighted by Gasteiger charge is 2.55. The van der Waals surface area contributed by atoms with Crippen molar-refractivity contribution >= 4 is 15.9 Å². The number of hydrogen-bond donors (Lipinski definition) is 0. The molecule has 118 valence electrons. The average Bonchev–Trinajstić information content (AvgIpc) is 2.75. The lowest BCUT2D eigenvalue weighted by Gasteiger charge is -2.35. The summed E-state index contributed by atoms with van der Waals surface area (Å²) in [6.45, 7) is 0.375. The molecular weight excluding hydrogens is 368 g/mol. The number of benzene rings is 1. The van der Waals surface area contributed by atoms with Crippen molar-refractivity contribution in [3.63, 3.8) is 0 Å². The second-order valence-corrected chi connectivity index (χ2v) is 6.08. The van der Waals surface area contributed by atoms with E-state index in [9.17, 15) is 17.6 Å². The first kappa shape index (κ1) is 15.5. The van der Waals surface area contributed by atoms with Crippen LogP contribution in [0.5, 0.6) is 0 Å². The van der Waals surface area contributed by atoms with E-state index in [4.69, 9.17) is 4.74 Å². The molecule has 0 radical (unpaired) electrons. The van der Waals surface area contributed by atoms with Crippen LogP contribution in [0.15, 0.2) is 28.7 Å². The molecule has 0 N–H and O–H groups in total. The minimum Gasteiger partial charge on any atom is -0.358 e. The largest absolute Gasteiger partial charge is 0.419 e. The maximum absolute atomic E-state index is 13.1. The standard InChI is InChI=1S/C14H11BrF4N2O/c1-13(14(17,18)19)7-21-10(6-22-13)11(15)12(20-21)8-2-4-9(16)5-3-8/h2-5H,6-7H2,1H3. The van der Waals surface area contributed by atoms with Gasteiger partial charge in [0.1, 0.15) is 11.5 Å². The van der Waals surface area contributed by atoms with Gasteiger partial charge >= 0.3 is 6.18 Å². The van der Waals surface area contributed by atoms with Crippen molar-refractivity contribution in [1.29, 1.82) is 0 Å². The van der Waals surface area contributed by atoms with Gasteiger partial charge in [-0.25, -0.2) is 4.39 Å². The number of ether oxygens (including phenoxy) is 1. The molecule has 1 unspecified atom stereocenters. The first-order chi connectivity index (χ1) is 10.2. The quantitative estimate of drug-likeness (QED) is 0.691. The molecule has 0 aliphatic carbocycles. The molecule has 0 fully saturated rings. The molecule has 0 saturated carbocycles. The van der Waals surface area contributed by atoms with Crippen LogP contribution < -0.4 is 0 Å². The summed E-state index contributed by atoms with van der Waals surface area (Å²) in [7, 11) is 0. The average molecular weight is 379 g/mol. The first-order valence-corrected chi connectivity index (χ1v) is 7.22. The zero-order valence-corrected chi connectivity index (χ0v) is 13.0. The number of rotatable bonds is 1. The van der Waals surface area contributed by atoms with Crippen LogP contribution in [0.3, 0.4) is 0 Å². The van der Waals surface area contributed by atoms with Gasteiger partial charge in [-0.3, -0.25) is 4.68 Å². The SMILES string of the molecule is CC1(C(F)(F)F)Cn2nc(-c3ccc(F)cc3)c(Br)c2CO1. The lowest BCUT2D eigenvalue weighted by Crippen LogP contribution is -2.51. The van der Waals surface area contributed by atoms with E-state index in [1.165, 1.54) is 28.9 Å². The third-order valence-corrected chi connectivity index (χ3v) is 4.52. The number of aromatic nitrogens is 2. The Labute approximate surface area is 132 Å². The number of nitrogens with zero attached hydrogens (tertiary/aromatic N) is 2. The topological polar surface area (TPSA) is 27.1 Å². The maximum Gasteiger partial charge on any atom is 0.419 e. The van der Waals surface area contributed by atoms with Crippen molar-refractivity contribution in [1.82, 2.24) is 9.78 Å². The third kappa shape index (κ3) is 2.44. The third-order valence-electron chi connectivity index (χ3n) is 3.69. The second-order valence-electron chi connectivity index (χ2n) is 5.29. The van der Waals surface area contributed by atoms with E-state index < -0.39 is 24.1 Å². The van der Waals surface area contributed by atoms with Gasteiger partial charge in [-0.1, -0.05) is 0 Å². The molecule has 1 aromatic heterocycles. The molecule has 0 spiro atoms. The predicted molar refractivity (Wildman–Crippen MR) is 74.6 cm³/mol. The van der Waals surface area contributed by atoms with Gasteiger partial charge in [-0.05, 0) is 47.1 Å². The van der Waals surface area contributed by atoms with Gasteiger partial charge in [-0.2, -0.15) is 18.3 Å². The van der Waals surface area contributed by atoms with Crippen LogP contribution >= 0.6 is 15.9 Å². The lowest BCUT2D eigenvalue weighted by molar-refractivity contribution is -0.287. The van der Waals surface area contributed by atoms with Crippen molar-refractivity contribution in [2.45, 2.75) is 31.9 Å². The Morgan fingerprint density at radius 1 is 1.27 bits per heavy atom. The molecule has 2 heterocycles. The first-order valence-electron chi connectivity index (χ1n) is 6.43. The summed E-state index contributed by atoms with van der Waals surface area (Å²) in [5, 5.41) is 4.23. The van der Waals surface area contributed by atoms with E-state index in [1.54, 1.807) is 0 Å². The summed E-state index contributed by atoms with van der Waals surface area (Å²) in [4.78, 5) is 0. The summed E-state index contributed by atoms with van der Waals surface area (Å²) in [6, 6.07) is 5.60. The van der Waals surface area contributed by atoms with Gasteiger partial charge in [0.2, 0.25) is 0 Å². The van der Waals surface area contributed by atoms with Gasteiger partial charge in [-0.15, -0.1) is 0 Å². The Morgan fingerprint density at radius 2 is 1.91 bits per heavy atom. The summed E-state index contributed by atoms with van der Waals surface area (Å²) < 4.78 is 59.1. The van der Waals surface area contributed by atoms with Crippen molar-refractivity contribution in [3.05, 3.63) is 40.2 Å². The molecular formula is C14H11BrF4N2O. The zero-order chi connectivity index (χ0) is 16.1. The Hall–Kier alpha value is -1.41. The molecule has 1 aliphatic rings. The smallest absolute Gasteiger partial charge is 0.358 e. The molecule has 2 aromatic rings. The number of halogens is 5. The summed E-state index contributed by atoms with van der Waals surface area (Å²) in [5.74, 6) is -0.392. The molecule has 8 heteroatoms. The summed E-state index contributed by atoms with van der Waals surface area (Å²) in [5.41, 5.74) is -0.666. The van der Waals surface area contributed by atoms with E-state index in [0.717, 1.165) is 6.92 Å². The van der Waals surface area contributed by atoms with E-state index in [2.05, 4.69) is 21.0 Å². The number of fused-ring (bicyclic) bond motifs is 1. The van der Waals surface area contributed by atoms with Crippen molar-refractivity contribution in [2.75, 3.05) is 0 Å². The van der Waals surface area contributed by atoms with Gasteiger partial charge < -0.3 is 4.74 Å². The Balaban J connectivity index is 2.01. The molecule has 1 atom stereocenters. The zero-order valence-electron chi connectivity index (χ0n) is 11.4. The number of hydrogen-bond acceptors (Lipinski definition) is 2. The van der Waals surface area contributed by atoms with Crippen LogP contribution in [0, 0.1) is 5.82 Å². The molecule has 0 saturated heterocycles. The Morgan fingerprint density at radius 3 is 2.50 bits per heavy atom. The van der Waals surface area contributed by atoms with Crippen molar-refractivity contribution < 1.29 is 22.3 Å².